The highest BCUT2D eigenvalue weighted by atomic mass is 35.5. The van der Waals surface area contributed by atoms with Crippen molar-refractivity contribution in [3.05, 3.63) is 29.6 Å². The third-order valence-electron chi connectivity index (χ3n) is 2.66. The Morgan fingerprint density at radius 1 is 1.38 bits per heavy atom. The average molecular weight is 245 g/mol. The average Bonchev–Trinajstić information content (AvgIpc) is 2.25. The lowest BCUT2D eigenvalue weighted by Gasteiger charge is -2.14. The molecular weight excluding hydrogens is 227 g/mol. The molecule has 0 aliphatic carbocycles. The molecule has 1 aromatic rings. The maximum absolute atomic E-state index is 13.1. The lowest BCUT2D eigenvalue weighted by Crippen LogP contribution is -2.09. The molecule has 0 aliphatic heterocycles. The van der Waals surface area contributed by atoms with E-state index in [4.69, 9.17) is 16.3 Å². The highest BCUT2D eigenvalue weighted by Gasteiger charge is 2.11. The minimum Gasteiger partial charge on any atom is -0.496 e. The molecule has 0 spiro atoms. The summed E-state index contributed by atoms with van der Waals surface area (Å²) >= 11 is 6.17. The third kappa shape index (κ3) is 3.67. The van der Waals surface area contributed by atoms with Crippen LogP contribution in [0.5, 0.6) is 5.75 Å². The predicted molar refractivity (Wildman–Crippen MR) is 65.8 cm³/mol. The van der Waals surface area contributed by atoms with Crippen LogP contribution in [0, 0.1) is 11.7 Å². The molecule has 0 N–H and O–H groups in total. The molecule has 0 fully saturated rings. The fraction of sp³-hybridized carbons (Fsp3) is 0.538. The van der Waals surface area contributed by atoms with Crippen LogP contribution in [0.2, 0.25) is 0 Å². The monoisotopic (exact) mass is 244 g/mol. The molecule has 1 rings (SSSR count). The first-order valence-corrected chi connectivity index (χ1v) is 5.94. The van der Waals surface area contributed by atoms with Gasteiger partial charge in [-0.15, -0.1) is 11.6 Å². The summed E-state index contributed by atoms with van der Waals surface area (Å²) < 4.78 is 18.3. The van der Waals surface area contributed by atoms with Crippen LogP contribution in [-0.4, -0.2) is 12.5 Å². The van der Waals surface area contributed by atoms with E-state index in [1.807, 2.05) is 0 Å². The number of ether oxygens (including phenoxy) is 1. The van der Waals surface area contributed by atoms with E-state index in [0.717, 1.165) is 24.2 Å². The van der Waals surface area contributed by atoms with Crippen LogP contribution in [0.4, 0.5) is 4.39 Å². The van der Waals surface area contributed by atoms with Crippen molar-refractivity contribution in [3.63, 3.8) is 0 Å². The van der Waals surface area contributed by atoms with Crippen molar-refractivity contribution in [1.29, 1.82) is 0 Å². The second-order valence-corrected chi connectivity index (χ2v) is 4.82. The molecule has 1 unspecified atom stereocenters. The van der Waals surface area contributed by atoms with Crippen molar-refractivity contribution in [3.8, 4) is 5.75 Å². The van der Waals surface area contributed by atoms with Crippen molar-refractivity contribution < 1.29 is 9.13 Å². The van der Waals surface area contributed by atoms with Gasteiger partial charge in [-0.2, -0.15) is 0 Å². The predicted octanol–water partition coefficient (Wildman–Crippen LogP) is 4.03. The third-order valence-corrected chi connectivity index (χ3v) is 3.38. The Bertz CT molecular complexity index is 339. The summed E-state index contributed by atoms with van der Waals surface area (Å²) in [6.07, 6.45) is 1.58. The fourth-order valence-corrected chi connectivity index (χ4v) is 1.68. The smallest absolute Gasteiger partial charge is 0.123 e. The van der Waals surface area contributed by atoms with Gasteiger partial charge in [0, 0.05) is 5.38 Å². The van der Waals surface area contributed by atoms with Crippen LogP contribution in [0.1, 0.15) is 25.8 Å². The molecule has 0 saturated carbocycles. The second kappa shape index (κ2) is 6.09. The molecule has 0 aliphatic rings. The fourth-order valence-electron chi connectivity index (χ4n) is 1.57. The van der Waals surface area contributed by atoms with E-state index in [1.165, 1.54) is 12.1 Å². The first-order valence-electron chi connectivity index (χ1n) is 5.51. The number of halogens is 2. The van der Waals surface area contributed by atoms with Crippen LogP contribution in [0.3, 0.4) is 0 Å². The van der Waals surface area contributed by atoms with Gasteiger partial charge in [0.05, 0.1) is 7.11 Å². The molecule has 3 heteroatoms. The number of rotatable bonds is 5. The van der Waals surface area contributed by atoms with Crippen LogP contribution in [0.25, 0.3) is 0 Å². The Hall–Kier alpha value is -0.760. The van der Waals surface area contributed by atoms with Crippen molar-refractivity contribution in [1.82, 2.24) is 0 Å². The molecule has 1 aromatic carbocycles. The summed E-state index contributed by atoms with van der Waals surface area (Å²) in [7, 11) is 1.59. The van der Waals surface area contributed by atoms with Crippen LogP contribution in [-0.2, 0) is 6.42 Å². The molecule has 1 atom stereocenters. The van der Waals surface area contributed by atoms with Gasteiger partial charge >= 0.3 is 0 Å². The van der Waals surface area contributed by atoms with Gasteiger partial charge in [0.1, 0.15) is 11.6 Å². The molecule has 0 bridgehead atoms. The normalized spacial score (nSPS) is 12.9. The highest BCUT2D eigenvalue weighted by Crippen LogP contribution is 2.23. The van der Waals surface area contributed by atoms with Crippen molar-refractivity contribution in [2.75, 3.05) is 7.11 Å². The summed E-state index contributed by atoms with van der Waals surface area (Å²) in [4.78, 5) is 0. The number of hydrogen-bond acceptors (Lipinski definition) is 1. The van der Waals surface area contributed by atoms with Gasteiger partial charge in [0.15, 0.2) is 0 Å². The van der Waals surface area contributed by atoms with Crippen molar-refractivity contribution in [2.24, 2.45) is 5.92 Å². The Labute approximate surface area is 102 Å². The Morgan fingerprint density at radius 2 is 2.06 bits per heavy atom. The number of hydrogen-bond donors (Lipinski definition) is 0. The van der Waals surface area contributed by atoms with Gasteiger partial charge < -0.3 is 4.74 Å². The molecule has 1 nitrogen and oxygen atoms in total. The number of aryl methyl sites for hydroxylation is 1. The van der Waals surface area contributed by atoms with E-state index in [0.29, 0.717) is 5.92 Å². The topological polar surface area (TPSA) is 9.23 Å². The van der Waals surface area contributed by atoms with E-state index in [9.17, 15) is 4.39 Å². The Kier molecular flexibility index (Phi) is 5.07. The number of benzene rings is 1. The summed E-state index contributed by atoms with van der Waals surface area (Å²) in [6, 6.07) is 4.58. The van der Waals surface area contributed by atoms with Crippen LogP contribution < -0.4 is 4.74 Å². The molecule has 0 amide bonds. The van der Waals surface area contributed by atoms with Crippen LogP contribution in [0.15, 0.2) is 18.2 Å². The molecule has 16 heavy (non-hydrogen) atoms. The zero-order chi connectivity index (χ0) is 12.1. The largest absolute Gasteiger partial charge is 0.496 e. The summed E-state index contributed by atoms with van der Waals surface area (Å²) in [5.74, 6) is 0.932. The van der Waals surface area contributed by atoms with Gasteiger partial charge in [-0.3, -0.25) is 0 Å². The Morgan fingerprint density at radius 3 is 2.62 bits per heavy atom. The maximum Gasteiger partial charge on any atom is 0.123 e. The minimum atomic E-state index is -0.230. The summed E-state index contributed by atoms with van der Waals surface area (Å²) in [5, 5.41) is 0.118. The summed E-state index contributed by atoms with van der Waals surface area (Å²) in [5.41, 5.74) is 0.883. The van der Waals surface area contributed by atoms with Gasteiger partial charge in [0.25, 0.3) is 0 Å². The van der Waals surface area contributed by atoms with Gasteiger partial charge in [0.2, 0.25) is 0 Å². The van der Waals surface area contributed by atoms with Gasteiger partial charge in [-0.1, -0.05) is 13.8 Å². The standard InChI is InChI=1S/C13H18ClFO/c1-9(2)12(14)6-4-10-8-11(15)5-7-13(10)16-3/h5,7-9,12H,4,6H2,1-3H3. The van der Waals surface area contributed by atoms with Gasteiger partial charge in [-0.25, -0.2) is 4.39 Å². The molecule has 90 valence electrons. The summed E-state index contributed by atoms with van der Waals surface area (Å²) in [6.45, 7) is 4.17. The van der Waals surface area contributed by atoms with E-state index >= 15 is 0 Å². The van der Waals surface area contributed by atoms with E-state index in [2.05, 4.69) is 13.8 Å². The number of methoxy groups -OCH3 is 1. The van der Waals surface area contributed by atoms with Crippen molar-refractivity contribution in [2.45, 2.75) is 32.1 Å². The van der Waals surface area contributed by atoms with E-state index < -0.39 is 0 Å². The van der Waals surface area contributed by atoms with E-state index in [1.54, 1.807) is 13.2 Å². The maximum atomic E-state index is 13.1. The lowest BCUT2D eigenvalue weighted by atomic mass is 10.0. The molecule has 0 saturated heterocycles. The van der Waals surface area contributed by atoms with E-state index in [-0.39, 0.29) is 11.2 Å². The molecule has 0 aromatic heterocycles. The Balaban J connectivity index is 2.68. The van der Waals surface area contributed by atoms with Gasteiger partial charge in [-0.05, 0) is 42.5 Å². The first kappa shape index (κ1) is 13.3. The highest BCUT2D eigenvalue weighted by molar-refractivity contribution is 6.20. The number of alkyl halides is 1. The minimum absolute atomic E-state index is 0.118. The molecular formula is C13H18ClFO. The molecule has 0 radical (unpaired) electrons. The zero-order valence-electron chi connectivity index (χ0n) is 9.97. The lowest BCUT2D eigenvalue weighted by molar-refractivity contribution is 0.406. The molecule has 0 heterocycles. The van der Waals surface area contributed by atoms with Crippen LogP contribution >= 0.6 is 11.6 Å². The SMILES string of the molecule is COc1ccc(F)cc1CCC(Cl)C(C)C. The second-order valence-electron chi connectivity index (χ2n) is 4.25. The zero-order valence-corrected chi connectivity index (χ0v) is 10.7. The van der Waals surface area contributed by atoms with Crippen molar-refractivity contribution >= 4 is 11.6 Å². The quantitative estimate of drug-likeness (QED) is 0.711. The first-order chi connectivity index (χ1) is 7.54.